The van der Waals surface area contributed by atoms with Gasteiger partial charge >= 0.3 is 0 Å². The van der Waals surface area contributed by atoms with Crippen LogP contribution in [0.15, 0.2) is 18.5 Å². The van der Waals surface area contributed by atoms with E-state index >= 15 is 0 Å². The molecular formula is C14H24N4. The maximum absolute atomic E-state index is 4.33. The van der Waals surface area contributed by atoms with Crippen LogP contribution in [0.2, 0.25) is 0 Å². The Morgan fingerprint density at radius 3 is 2.61 bits per heavy atom. The molecule has 18 heavy (non-hydrogen) atoms. The molecule has 2 bridgehead atoms. The minimum atomic E-state index is 0.597. The number of rotatable bonds is 4. The molecule has 1 N–H and O–H groups in total. The van der Waals surface area contributed by atoms with Gasteiger partial charge in [0.1, 0.15) is 0 Å². The fourth-order valence-electron chi connectivity index (χ4n) is 3.94. The minimum absolute atomic E-state index is 0.597. The number of fused-ring (bicyclic) bond motifs is 2. The number of hydrogen-bond acceptors (Lipinski definition) is 3. The standard InChI is InChI=1S/C14H24N4/c1-11(10-17-7-3-6-16-17)18-13-4-5-14(18)9-12(8-13)15-2/h3,6-7,11-15H,4-5,8-10H2,1-2H3. The van der Waals surface area contributed by atoms with E-state index in [0.29, 0.717) is 6.04 Å². The van der Waals surface area contributed by atoms with Crippen LogP contribution in [0.3, 0.4) is 0 Å². The highest BCUT2D eigenvalue weighted by Crippen LogP contribution is 2.37. The molecule has 2 fully saturated rings. The van der Waals surface area contributed by atoms with Crippen molar-refractivity contribution in [2.24, 2.45) is 0 Å². The van der Waals surface area contributed by atoms with Crippen LogP contribution in [-0.2, 0) is 6.54 Å². The number of piperidine rings is 1. The second-order valence-corrected chi connectivity index (χ2v) is 5.87. The van der Waals surface area contributed by atoms with Crippen LogP contribution in [0.4, 0.5) is 0 Å². The van der Waals surface area contributed by atoms with Crippen molar-refractivity contribution < 1.29 is 0 Å². The van der Waals surface area contributed by atoms with Gasteiger partial charge < -0.3 is 5.32 Å². The molecule has 1 aromatic rings. The summed E-state index contributed by atoms with van der Waals surface area (Å²) in [5, 5.41) is 7.80. The van der Waals surface area contributed by atoms with Crippen LogP contribution in [0.5, 0.6) is 0 Å². The highest BCUT2D eigenvalue weighted by atomic mass is 15.3. The Kier molecular flexibility index (Phi) is 3.39. The largest absolute Gasteiger partial charge is 0.317 e. The number of hydrogen-bond donors (Lipinski definition) is 1. The predicted octanol–water partition coefficient (Wildman–Crippen LogP) is 1.49. The molecule has 0 spiro atoms. The van der Waals surface area contributed by atoms with E-state index in [9.17, 15) is 0 Å². The number of nitrogens with one attached hydrogen (secondary N) is 1. The summed E-state index contributed by atoms with van der Waals surface area (Å²) in [5.74, 6) is 0. The van der Waals surface area contributed by atoms with E-state index in [0.717, 1.165) is 24.7 Å². The summed E-state index contributed by atoms with van der Waals surface area (Å²) in [7, 11) is 2.10. The molecule has 0 amide bonds. The molecule has 2 aliphatic rings. The van der Waals surface area contributed by atoms with Gasteiger partial charge in [0.25, 0.3) is 0 Å². The van der Waals surface area contributed by atoms with Crippen LogP contribution in [0.25, 0.3) is 0 Å². The first-order valence-corrected chi connectivity index (χ1v) is 7.20. The third-order valence-electron chi connectivity index (χ3n) is 4.72. The van der Waals surface area contributed by atoms with E-state index in [-0.39, 0.29) is 0 Å². The first-order valence-electron chi connectivity index (χ1n) is 7.20. The van der Waals surface area contributed by atoms with Gasteiger partial charge in [0.05, 0.1) is 6.54 Å². The van der Waals surface area contributed by atoms with E-state index < -0.39 is 0 Å². The molecule has 2 saturated heterocycles. The molecule has 100 valence electrons. The zero-order valence-corrected chi connectivity index (χ0v) is 11.4. The molecule has 2 aliphatic heterocycles. The van der Waals surface area contributed by atoms with Crippen molar-refractivity contribution in [3.8, 4) is 0 Å². The summed E-state index contributed by atoms with van der Waals surface area (Å²) in [5.41, 5.74) is 0. The Labute approximate surface area is 109 Å². The maximum Gasteiger partial charge on any atom is 0.0562 e. The fraction of sp³-hybridized carbons (Fsp3) is 0.786. The van der Waals surface area contributed by atoms with Crippen LogP contribution >= 0.6 is 0 Å². The lowest BCUT2D eigenvalue weighted by molar-refractivity contribution is 0.0694. The quantitative estimate of drug-likeness (QED) is 0.876. The Morgan fingerprint density at radius 2 is 2.06 bits per heavy atom. The zero-order chi connectivity index (χ0) is 12.5. The molecule has 4 nitrogen and oxygen atoms in total. The van der Waals surface area contributed by atoms with E-state index in [2.05, 4.69) is 40.2 Å². The first-order chi connectivity index (χ1) is 8.78. The van der Waals surface area contributed by atoms with Gasteiger partial charge in [-0.25, -0.2) is 0 Å². The Bertz CT molecular complexity index is 361. The molecule has 0 aromatic carbocycles. The van der Waals surface area contributed by atoms with Gasteiger partial charge in [0, 0.05) is 36.6 Å². The average molecular weight is 248 g/mol. The minimum Gasteiger partial charge on any atom is -0.317 e. The highest BCUT2D eigenvalue weighted by Gasteiger charge is 2.42. The van der Waals surface area contributed by atoms with Crippen molar-refractivity contribution in [2.45, 2.75) is 63.3 Å². The zero-order valence-electron chi connectivity index (χ0n) is 11.4. The summed E-state index contributed by atoms with van der Waals surface area (Å²) in [4.78, 5) is 2.76. The number of aromatic nitrogens is 2. The van der Waals surface area contributed by atoms with E-state index in [1.165, 1.54) is 25.7 Å². The normalized spacial score (nSPS) is 33.8. The van der Waals surface area contributed by atoms with E-state index in [4.69, 9.17) is 0 Å². The third-order valence-corrected chi connectivity index (χ3v) is 4.72. The Morgan fingerprint density at radius 1 is 1.33 bits per heavy atom. The highest BCUT2D eigenvalue weighted by molar-refractivity contribution is 4.99. The van der Waals surface area contributed by atoms with Gasteiger partial charge in [0.2, 0.25) is 0 Å². The molecule has 4 heteroatoms. The maximum atomic E-state index is 4.33. The molecule has 3 rings (SSSR count). The van der Waals surface area contributed by atoms with Crippen molar-refractivity contribution in [1.29, 1.82) is 0 Å². The second kappa shape index (κ2) is 5.02. The van der Waals surface area contributed by atoms with Crippen LogP contribution in [0, 0.1) is 0 Å². The Hall–Kier alpha value is -0.870. The monoisotopic (exact) mass is 248 g/mol. The van der Waals surface area contributed by atoms with Crippen LogP contribution in [0.1, 0.15) is 32.6 Å². The average Bonchev–Trinajstić information content (AvgIpc) is 2.95. The molecule has 0 saturated carbocycles. The predicted molar refractivity (Wildman–Crippen MR) is 72.4 cm³/mol. The molecule has 3 unspecified atom stereocenters. The van der Waals surface area contributed by atoms with Crippen molar-refractivity contribution >= 4 is 0 Å². The number of nitrogens with zero attached hydrogens (tertiary/aromatic N) is 3. The summed E-state index contributed by atoms with van der Waals surface area (Å²) >= 11 is 0. The van der Waals surface area contributed by atoms with E-state index in [1.54, 1.807) is 0 Å². The van der Waals surface area contributed by atoms with Gasteiger partial charge in [0.15, 0.2) is 0 Å². The van der Waals surface area contributed by atoms with Gasteiger partial charge in [-0.15, -0.1) is 0 Å². The van der Waals surface area contributed by atoms with Gasteiger partial charge in [-0.3, -0.25) is 9.58 Å². The van der Waals surface area contributed by atoms with Gasteiger partial charge in [-0.1, -0.05) is 0 Å². The molecule has 0 aliphatic carbocycles. The van der Waals surface area contributed by atoms with Crippen LogP contribution < -0.4 is 5.32 Å². The summed E-state index contributed by atoms with van der Waals surface area (Å²) < 4.78 is 2.06. The van der Waals surface area contributed by atoms with Crippen molar-refractivity contribution in [1.82, 2.24) is 20.0 Å². The van der Waals surface area contributed by atoms with Crippen molar-refractivity contribution in [3.05, 3.63) is 18.5 Å². The molecule has 3 atom stereocenters. The SMILES string of the molecule is CNC1CC2CCC(C1)N2C(C)Cn1cccn1. The third kappa shape index (κ3) is 2.19. The van der Waals surface area contributed by atoms with Crippen molar-refractivity contribution in [2.75, 3.05) is 7.05 Å². The summed E-state index contributed by atoms with van der Waals surface area (Å²) in [6.45, 7) is 3.37. The smallest absolute Gasteiger partial charge is 0.0562 e. The van der Waals surface area contributed by atoms with Crippen LogP contribution in [-0.4, -0.2) is 45.9 Å². The lowest BCUT2D eigenvalue weighted by Crippen LogP contribution is -2.52. The molecular weight excluding hydrogens is 224 g/mol. The summed E-state index contributed by atoms with van der Waals surface area (Å²) in [6, 6.07) is 4.91. The van der Waals surface area contributed by atoms with Gasteiger partial charge in [-0.2, -0.15) is 5.10 Å². The van der Waals surface area contributed by atoms with Crippen molar-refractivity contribution in [3.63, 3.8) is 0 Å². The molecule has 3 heterocycles. The Balaban J connectivity index is 1.66. The topological polar surface area (TPSA) is 33.1 Å². The van der Waals surface area contributed by atoms with Gasteiger partial charge in [-0.05, 0) is 45.7 Å². The lowest BCUT2D eigenvalue weighted by atomic mass is 9.96. The first kappa shape index (κ1) is 12.2. The molecule has 0 radical (unpaired) electrons. The van der Waals surface area contributed by atoms with E-state index in [1.807, 2.05) is 12.3 Å². The lowest BCUT2D eigenvalue weighted by Gasteiger charge is -2.42. The fourth-order valence-corrected chi connectivity index (χ4v) is 3.94. The second-order valence-electron chi connectivity index (χ2n) is 5.87. The summed E-state index contributed by atoms with van der Waals surface area (Å²) in [6.07, 6.45) is 9.33. The molecule has 1 aromatic heterocycles.